The summed E-state index contributed by atoms with van der Waals surface area (Å²) < 4.78 is 31.8. The zero-order valence-corrected chi connectivity index (χ0v) is 11.2. The minimum absolute atomic E-state index is 0.297. The van der Waals surface area contributed by atoms with Crippen LogP contribution < -0.4 is 4.74 Å². The van der Waals surface area contributed by atoms with Gasteiger partial charge in [-0.2, -0.15) is 0 Å². The third-order valence-electron chi connectivity index (χ3n) is 2.79. The molecule has 0 heterocycles. The fraction of sp³-hybridized carbons (Fsp3) is 0.188. The molecule has 2 aromatic rings. The van der Waals surface area contributed by atoms with Crippen molar-refractivity contribution >= 4 is 5.78 Å². The topological polar surface area (TPSA) is 26.3 Å². The van der Waals surface area contributed by atoms with Gasteiger partial charge in [0, 0.05) is 0 Å². The van der Waals surface area contributed by atoms with E-state index in [-0.39, 0.29) is 12.2 Å². The average molecular weight is 276 g/mol. The van der Waals surface area contributed by atoms with Gasteiger partial charge in [0.15, 0.2) is 6.61 Å². The number of aryl methyl sites for hydroxylation is 2. The first-order valence-corrected chi connectivity index (χ1v) is 6.15. The second-order valence-corrected chi connectivity index (χ2v) is 4.66. The van der Waals surface area contributed by atoms with Gasteiger partial charge in [-0.1, -0.05) is 6.07 Å². The Morgan fingerprint density at radius 2 is 1.70 bits per heavy atom. The van der Waals surface area contributed by atoms with Crippen LogP contribution >= 0.6 is 0 Å². The lowest BCUT2D eigenvalue weighted by Gasteiger charge is -2.08. The Labute approximate surface area is 116 Å². The molecule has 2 aromatic carbocycles. The molecule has 0 unspecified atom stereocenters. The van der Waals surface area contributed by atoms with Crippen LogP contribution in [0.2, 0.25) is 0 Å². The Hall–Kier alpha value is -2.23. The zero-order chi connectivity index (χ0) is 14.7. The van der Waals surface area contributed by atoms with Crippen LogP contribution in [0, 0.1) is 25.5 Å². The molecular weight excluding hydrogens is 262 g/mol. The Morgan fingerprint density at radius 1 is 1.05 bits per heavy atom. The Kier molecular flexibility index (Phi) is 4.13. The van der Waals surface area contributed by atoms with E-state index in [0.717, 1.165) is 29.3 Å². The van der Waals surface area contributed by atoms with Crippen molar-refractivity contribution in [2.75, 3.05) is 6.61 Å². The molecule has 0 amide bonds. The summed E-state index contributed by atoms with van der Waals surface area (Å²) in [6.45, 7) is 3.49. The van der Waals surface area contributed by atoms with Gasteiger partial charge in [0.25, 0.3) is 0 Å². The number of ether oxygens (including phenoxy) is 1. The SMILES string of the molecule is Cc1cc(C)cc(OCC(=O)c2cc(F)ccc2F)c1. The summed E-state index contributed by atoms with van der Waals surface area (Å²) in [5, 5.41) is 0. The number of carbonyl (C=O) groups excluding carboxylic acids is 1. The predicted molar refractivity (Wildman–Crippen MR) is 72.1 cm³/mol. The minimum atomic E-state index is -0.750. The lowest BCUT2D eigenvalue weighted by molar-refractivity contribution is 0.0917. The number of ketones is 1. The zero-order valence-electron chi connectivity index (χ0n) is 11.2. The van der Waals surface area contributed by atoms with E-state index in [1.54, 1.807) is 12.1 Å². The molecule has 0 aliphatic rings. The number of halogens is 2. The monoisotopic (exact) mass is 276 g/mol. The number of hydrogen-bond acceptors (Lipinski definition) is 2. The highest BCUT2D eigenvalue weighted by Crippen LogP contribution is 2.17. The van der Waals surface area contributed by atoms with E-state index in [1.165, 1.54) is 0 Å². The van der Waals surface area contributed by atoms with Crippen molar-refractivity contribution in [3.8, 4) is 5.75 Å². The first-order valence-electron chi connectivity index (χ1n) is 6.15. The van der Waals surface area contributed by atoms with Crippen LogP contribution in [0.4, 0.5) is 8.78 Å². The number of hydrogen-bond donors (Lipinski definition) is 0. The summed E-state index contributed by atoms with van der Waals surface area (Å²) in [5.41, 5.74) is 1.71. The quantitative estimate of drug-likeness (QED) is 0.793. The molecule has 104 valence electrons. The van der Waals surface area contributed by atoms with E-state index < -0.39 is 17.4 Å². The highest BCUT2D eigenvalue weighted by molar-refractivity contribution is 5.97. The van der Waals surface area contributed by atoms with Crippen LogP contribution in [0.25, 0.3) is 0 Å². The van der Waals surface area contributed by atoms with Crippen LogP contribution in [-0.2, 0) is 0 Å². The van der Waals surface area contributed by atoms with Gasteiger partial charge in [0.05, 0.1) is 5.56 Å². The van der Waals surface area contributed by atoms with Gasteiger partial charge in [-0.25, -0.2) is 8.78 Å². The summed E-state index contributed by atoms with van der Waals surface area (Å²) in [6, 6.07) is 8.31. The fourth-order valence-corrected chi connectivity index (χ4v) is 1.95. The Bertz CT molecular complexity index is 631. The molecule has 0 aromatic heterocycles. The predicted octanol–water partition coefficient (Wildman–Crippen LogP) is 3.84. The van der Waals surface area contributed by atoms with Gasteiger partial charge in [0.1, 0.15) is 17.4 Å². The summed E-state index contributed by atoms with van der Waals surface area (Å²) in [6.07, 6.45) is 0. The maximum absolute atomic E-state index is 13.4. The van der Waals surface area contributed by atoms with E-state index in [2.05, 4.69) is 0 Å². The van der Waals surface area contributed by atoms with Gasteiger partial charge >= 0.3 is 0 Å². The standard InChI is InChI=1S/C16H14F2O2/c1-10-5-11(2)7-13(6-10)20-9-16(19)14-8-12(17)3-4-15(14)18/h3-8H,9H2,1-2H3. The minimum Gasteiger partial charge on any atom is -0.485 e. The maximum Gasteiger partial charge on any atom is 0.203 e. The molecule has 0 N–H and O–H groups in total. The van der Waals surface area contributed by atoms with Crippen molar-refractivity contribution in [2.24, 2.45) is 0 Å². The van der Waals surface area contributed by atoms with Crippen LogP contribution in [0.3, 0.4) is 0 Å². The van der Waals surface area contributed by atoms with Gasteiger partial charge in [-0.15, -0.1) is 0 Å². The molecule has 0 bridgehead atoms. The molecule has 0 saturated heterocycles. The molecule has 2 nitrogen and oxygen atoms in total. The van der Waals surface area contributed by atoms with Crippen molar-refractivity contribution < 1.29 is 18.3 Å². The first-order chi connectivity index (χ1) is 9.45. The summed E-state index contributed by atoms with van der Waals surface area (Å²) in [7, 11) is 0. The van der Waals surface area contributed by atoms with Gasteiger partial charge in [-0.3, -0.25) is 4.79 Å². The maximum atomic E-state index is 13.4. The highest BCUT2D eigenvalue weighted by Gasteiger charge is 2.13. The summed E-state index contributed by atoms with van der Waals surface area (Å²) in [5.74, 6) is -1.46. The molecule has 0 aliphatic heterocycles. The van der Waals surface area contributed by atoms with Crippen molar-refractivity contribution in [3.63, 3.8) is 0 Å². The molecule has 0 spiro atoms. The second-order valence-electron chi connectivity index (χ2n) is 4.66. The van der Waals surface area contributed by atoms with E-state index in [1.807, 2.05) is 19.9 Å². The third-order valence-corrected chi connectivity index (χ3v) is 2.79. The highest BCUT2D eigenvalue weighted by atomic mass is 19.1. The van der Waals surface area contributed by atoms with Crippen molar-refractivity contribution in [1.82, 2.24) is 0 Å². The van der Waals surface area contributed by atoms with Gasteiger partial charge in [0.2, 0.25) is 5.78 Å². The number of Topliss-reactive ketones (excluding diaryl/α,β-unsaturated/α-hetero) is 1. The molecule has 0 fully saturated rings. The molecule has 0 atom stereocenters. The van der Waals surface area contributed by atoms with Gasteiger partial charge < -0.3 is 4.74 Å². The Balaban J connectivity index is 2.10. The van der Waals surface area contributed by atoms with Crippen LogP contribution in [0.1, 0.15) is 21.5 Å². The second kappa shape index (κ2) is 5.82. The lowest BCUT2D eigenvalue weighted by Crippen LogP contribution is -2.13. The number of rotatable bonds is 4. The first kappa shape index (κ1) is 14.2. The van der Waals surface area contributed by atoms with Crippen LogP contribution in [0.15, 0.2) is 36.4 Å². The smallest absolute Gasteiger partial charge is 0.203 e. The summed E-state index contributed by atoms with van der Waals surface area (Å²) >= 11 is 0. The van der Waals surface area contributed by atoms with Crippen LogP contribution in [-0.4, -0.2) is 12.4 Å². The molecular formula is C16H14F2O2. The van der Waals surface area contributed by atoms with Crippen molar-refractivity contribution in [1.29, 1.82) is 0 Å². The van der Waals surface area contributed by atoms with E-state index in [0.29, 0.717) is 5.75 Å². The number of carbonyl (C=O) groups is 1. The lowest BCUT2D eigenvalue weighted by atomic mass is 10.1. The van der Waals surface area contributed by atoms with Crippen molar-refractivity contribution in [2.45, 2.75) is 13.8 Å². The Morgan fingerprint density at radius 3 is 2.35 bits per heavy atom. The molecule has 4 heteroatoms. The van der Waals surface area contributed by atoms with Gasteiger partial charge in [-0.05, 0) is 55.3 Å². The molecule has 0 radical (unpaired) electrons. The molecule has 0 saturated carbocycles. The van der Waals surface area contributed by atoms with E-state index in [4.69, 9.17) is 4.74 Å². The molecule has 0 aliphatic carbocycles. The largest absolute Gasteiger partial charge is 0.485 e. The molecule has 2 rings (SSSR count). The third kappa shape index (κ3) is 3.41. The van der Waals surface area contributed by atoms with Crippen molar-refractivity contribution in [3.05, 3.63) is 64.7 Å². The fourth-order valence-electron chi connectivity index (χ4n) is 1.95. The van der Waals surface area contributed by atoms with Crippen LogP contribution in [0.5, 0.6) is 5.75 Å². The summed E-state index contributed by atoms with van der Waals surface area (Å²) in [4.78, 5) is 11.8. The number of benzene rings is 2. The molecule has 20 heavy (non-hydrogen) atoms. The average Bonchev–Trinajstić information content (AvgIpc) is 2.38. The van der Waals surface area contributed by atoms with E-state index in [9.17, 15) is 13.6 Å². The normalized spacial score (nSPS) is 10.4. The van der Waals surface area contributed by atoms with E-state index >= 15 is 0 Å².